The summed E-state index contributed by atoms with van der Waals surface area (Å²) >= 11 is 0. The predicted octanol–water partition coefficient (Wildman–Crippen LogP) is 0.429. The summed E-state index contributed by atoms with van der Waals surface area (Å²) in [4.78, 5) is 11.4. The standard InChI is InChI=1S/C10H15N2O2P/c1-11-10(14)9(12-15)6-7-2-4-8(13)5-3-7/h2-5,9,12-13H,6,15H2,1H3,(H,11,14). The first-order valence-corrected chi connectivity index (χ1v) is 5.20. The van der Waals surface area contributed by atoms with Crippen LogP contribution >= 0.6 is 9.39 Å². The van der Waals surface area contributed by atoms with Gasteiger partial charge in [-0.1, -0.05) is 21.5 Å². The van der Waals surface area contributed by atoms with Crippen molar-refractivity contribution in [3.63, 3.8) is 0 Å². The predicted molar refractivity (Wildman–Crippen MR) is 62.5 cm³/mol. The lowest BCUT2D eigenvalue weighted by Crippen LogP contribution is -2.40. The molecular weight excluding hydrogens is 211 g/mol. The molecule has 2 unspecified atom stereocenters. The minimum Gasteiger partial charge on any atom is -0.508 e. The van der Waals surface area contributed by atoms with Crippen LogP contribution in [0, 0.1) is 0 Å². The number of amides is 1. The number of hydrogen-bond acceptors (Lipinski definition) is 3. The van der Waals surface area contributed by atoms with Crippen LogP contribution in [0.1, 0.15) is 5.56 Å². The summed E-state index contributed by atoms with van der Waals surface area (Å²) in [5.41, 5.74) is 0.997. The van der Waals surface area contributed by atoms with Crippen molar-refractivity contribution in [1.82, 2.24) is 10.4 Å². The third kappa shape index (κ3) is 3.50. The Morgan fingerprint density at radius 3 is 2.53 bits per heavy atom. The molecule has 0 saturated heterocycles. The van der Waals surface area contributed by atoms with E-state index in [0.717, 1.165) is 5.56 Å². The average Bonchev–Trinajstić information content (AvgIpc) is 2.27. The van der Waals surface area contributed by atoms with E-state index >= 15 is 0 Å². The number of benzene rings is 1. The van der Waals surface area contributed by atoms with Crippen LogP contribution in [0.15, 0.2) is 24.3 Å². The van der Waals surface area contributed by atoms with E-state index in [1.807, 2.05) is 0 Å². The van der Waals surface area contributed by atoms with Crippen molar-refractivity contribution in [2.45, 2.75) is 12.5 Å². The number of phenolic OH excluding ortho intramolecular Hbond substituents is 1. The maximum absolute atomic E-state index is 11.4. The van der Waals surface area contributed by atoms with Crippen LogP contribution in [0.4, 0.5) is 0 Å². The zero-order valence-electron chi connectivity index (χ0n) is 8.53. The lowest BCUT2D eigenvalue weighted by molar-refractivity contribution is -0.122. The van der Waals surface area contributed by atoms with Crippen molar-refractivity contribution in [2.75, 3.05) is 7.05 Å². The number of rotatable bonds is 4. The number of carbonyl (C=O) groups excluding carboxylic acids is 1. The minimum absolute atomic E-state index is 0.0573. The van der Waals surface area contributed by atoms with Gasteiger partial charge in [0.15, 0.2) is 0 Å². The highest BCUT2D eigenvalue weighted by molar-refractivity contribution is 7.13. The summed E-state index contributed by atoms with van der Waals surface area (Å²) in [5, 5.41) is 14.5. The molecule has 0 aromatic heterocycles. The summed E-state index contributed by atoms with van der Waals surface area (Å²) < 4.78 is 0. The van der Waals surface area contributed by atoms with Gasteiger partial charge in [-0.15, -0.1) is 0 Å². The zero-order chi connectivity index (χ0) is 11.3. The molecule has 4 nitrogen and oxygen atoms in total. The van der Waals surface area contributed by atoms with E-state index < -0.39 is 0 Å². The molecule has 0 bridgehead atoms. The third-order valence-electron chi connectivity index (χ3n) is 2.14. The van der Waals surface area contributed by atoms with Gasteiger partial charge in [-0.2, -0.15) is 0 Å². The van der Waals surface area contributed by atoms with E-state index in [2.05, 4.69) is 19.8 Å². The molecule has 2 atom stereocenters. The Labute approximate surface area is 91.3 Å². The summed E-state index contributed by atoms with van der Waals surface area (Å²) in [6.45, 7) is 0. The van der Waals surface area contributed by atoms with Gasteiger partial charge in [-0.05, 0) is 24.1 Å². The molecule has 1 aromatic carbocycles. The first-order valence-electron chi connectivity index (χ1n) is 4.63. The van der Waals surface area contributed by atoms with Crippen LogP contribution in [0.25, 0.3) is 0 Å². The minimum atomic E-state index is -0.274. The van der Waals surface area contributed by atoms with Gasteiger partial charge in [0.25, 0.3) is 0 Å². The molecular formula is C10H15N2O2P. The number of hydrogen-bond donors (Lipinski definition) is 3. The van der Waals surface area contributed by atoms with E-state index in [-0.39, 0.29) is 17.7 Å². The molecule has 82 valence electrons. The van der Waals surface area contributed by atoms with Crippen LogP contribution in [-0.2, 0) is 11.2 Å². The smallest absolute Gasteiger partial charge is 0.237 e. The lowest BCUT2D eigenvalue weighted by atomic mass is 10.1. The molecule has 0 aliphatic heterocycles. The highest BCUT2D eigenvalue weighted by Gasteiger charge is 2.14. The lowest BCUT2D eigenvalue weighted by Gasteiger charge is -2.14. The van der Waals surface area contributed by atoms with Crippen molar-refractivity contribution in [2.24, 2.45) is 0 Å². The molecule has 0 spiro atoms. The Morgan fingerprint density at radius 1 is 1.47 bits per heavy atom. The first kappa shape index (κ1) is 12.0. The van der Waals surface area contributed by atoms with Crippen molar-refractivity contribution >= 4 is 15.3 Å². The summed E-state index contributed by atoms with van der Waals surface area (Å²) in [7, 11) is 3.94. The Bertz CT molecular complexity index is 327. The molecule has 0 aliphatic carbocycles. The Morgan fingerprint density at radius 2 is 2.07 bits per heavy atom. The van der Waals surface area contributed by atoms with Gasteiger partial charge in [0.05, 0.1) is 6.04 Å². The first-order chi connectivity index (χ1) is 7.17. The topological polar surface area (TPSA) is 61.4 Å². The van der Waals surface area contributed by atoms with Crippen LogP contribution in [0.3, 0.4) is 0 Å². The number of carbonyl (C=O) groups is 1. The zero-order valence-corrected chi connectivity index (χ0v) is 9.68. The molecule has 1 aromatic rings. The number of likely N-dealkylation sites (N-methyl/N-ethyl adjacent to an activating group) is 1. The molecule has 5 heteroatoms. The van der Waals surface area contributed by atoms with E-state index in [0.29, 0.717) is 6.42 Å². The van der Waals surface area contributed by atoms with E-state index in [1.54, 1.807) is 31.3 Å². The van der Waals surface area contributed by atoms with Gasteiger partial charge in [0, 0.05) is 7.05 Å². The molecule has 3 N–H and O–H groups in total. The van der Waals surface area contributed by atoms with Gasteiger partial charge in [0.1, 0.15) is 5.75 Å². The monoisotopic (exact) mass is 226 g/mol. The fourth-order valence-corrected chi connectivity index (χ4v) is 1.54. The molecule has 0 heterocycles. The van der Waals surface area contributed by atoms with Gasteiger partial charge in [-0.3, -0.25) is 9.88 Å². The Hall–Kier alpha value is -1.12. The largest absolute Gasteiger partial charge is 0.508 e. The molecule has 0 fully saturated rings. The van der Waals surface area contributed by atoms with Crippen molar-refractivity contribution < 1.29 is 9.90 Å². The quantitative estimate of drug-likeness (QED) is 0.652. The second-order valence-corrected chi connectivity index (χ2v) is 3.54. The maximum atomic E-state index is 11.4. The van der Waals surface area contributed by atoms with Gasteiger partial charge < -0.3 is 10.4 Å². The summed E-state index contributed by atoms with van der Waals surface area (Å²) in [6, 6.07) is 6.54. The maximum Gasteiger partial charge on any atom is 0.237 e. The highest BCUT2D eigenvalue weighted by Crippen LogP contribution is 2.11. The van der Waals surface area contributed by atoms with Crippen LogP contribution in [-0.4, -0.2) is 24.1 Å². The van der Waals surface area contributed by atoms with Gasteiger partial charge in [-0.25, -0.2) is 0 Å². The second kappa shape index (κ2) is 5.69. The van der Waals surface area contributed by atoms with E-state index in [1.165, 1.54) is 0 Å². The second-order valence-electron chi connectivity index (χ2n) is 3.20. The van der Waals surface area contributed by atoms with Crippen LogP contribution < -0.4 is 10.4 Å². The normalized spacial score (nSPS) is 12.1. The van der Waals surface area contributed by atoms with Crippen molar-refractivity contribution in [3.8, 4) is 5.75 Å². The van der Waals surface area contributed by atoms with Crippen LogP contribution in [0.2, 0.25) is 0 Å². The van der Waals surface area contributed by atoms with Gasteiger partial charge in [0.2, 0.25) is 5.91 Å². The Balaban J connectivity index is 2.66. The highest BCUT2D eigenvalue weighted by atomic mass is 31.0. The summed E-state index contributed by atoms with van der Waals surface area (Å²) in [5.74, 6) is 0.173. The fraction of sp³-hybridized carbons (Fsp3) is 0.300. The SMILES string of the molecule is CNC(=O)C(Cc1ccc(O)cc1)NP. The average molecular weight is 226 g/mol. The van der Waals surface area contributed by atoms with E-state index in [9.17, 15) is 4.79 Å². The van der Waals surface area contributed by atoms with Crippen LogP contribution in [0.5, 0.6) is 5.75 Å². The van der Waals surface area contributed by atoms with Crippen molar-refractivity contribution in [1.29, 1.82) is 0 Å². The number of phenols is 1. The third-order valence-corrected chi connectivity index (χ3v) is 2.54. The molecule has 1 amide bonds. The van der Waals surface area contributed by atoms with Crippen molar-refractivity contribution in [3.05, 3.63) is 29.8 Å². The molecule has 1 rings (SSSR count). The number of aromatic hydroxyl groups is 1. The van der Waals surface area contributed by atoms with Gasteiger partial charge >= 0.3 is 0 Å². The fourth-order valence-electron chi connectivity index (χ4n) is 1.27. The Kier molecular flexibility index (Phi) is 4.53. The van der Waals surface area contributed by atoms with E-state index in [4.69, 9.17) is 5.11 Å². The summed E-state index contributed by atoms with van der Waals surface area (Å²) in [6.07, 6.45) is 0.587. The molecule has 0 radical (unpaired) electrons. The number of nitrogens with one attached hydrogen (secondary N) is 2. The molecule has 15 heavy (non-hydrogen) atoms. The molecule has 0 saturated carbocycles. The molecule has 0 aliphatic rings.